The molecule has 0 heterocycles. The van der Waals surface area contributed by atoms with Crippen LogP contribution in [0.1, 0.15) is 24.0 Å². The molecule has 0 unspecified atom stereocenters. The van der Waals surface area contributed by atoms with Gasteiger partial charge in [0.25, 0.3) is 0 Å². The highest BCUT2D eigenvalue weighted by atomic mass is 16.3. The van der Waals surface area contributed by atoms with Crippen LogP contribution < -0.4 is 0 Å². The van der Waals surface area contributed by atoms with Crippen molar-refractivity contribution in [3.05, 3.63) is 35.4 Å². The van der Waals surface area contributed by atoms with E-state index < -0.39 is 0 Å². The lowest BCUT2D eigenvalue weighted by molar-refractivity contribution is 0.272. The van der Waals surface area contributed by atoms with E-state index in [1.165, 1.54) is 11.1 Å². The molecule has 0 fully saturated rings. The van der Waals surface area contributed by atoms with Gasteiger partial charge >= 0.3 is 0 Å². The number of hydrogen-bond acceptors (Lipinski definition) is 1. The van der Waals surface area contributed by atoms with Gasteiger partial charge in [-0.1, -0.05) is 31.2 Å². The maximum atomic E-state index is 8.91. The van der Waals surface area contributed by atoms with Crippen molar-refractivity contribution in [2.75, 3.05) is 6.61 Å². The molecule has 0 bridgehead atoms. The molecule has 0 radical (unpaired) electrons. The third-order valence-electron chi connectivity index (χ3n) is 1.99. The van der Waals surface area contributed by atoms with Crippen molar-refractivity contribution >= 4 is 0 Å². The predicted octanol–water partition coefficient (Wildman–Crippen LogP) is 2.09. The molecule has 1 N–H and O–H groups in total. The summed E-state index contributed by atoms with van der Waals surface area (Å²) in [6, 6.07) is 8.16. The molecule has 0 saturated carbocycles. The molecule has 0 aromatic heterocycles. The Balaban J connectivity index is 2.93. The minimum atomic E-state index is 0.227. The third kappa shape index (κ3) is 1.81. The highest BCUT2D eigenvalue weighted by Crippen LogP contribution is 2.17. The average molecular weight is 150 g/mol. The van der Waals surface area contributed by atoms with Gasteiger partial charge in [-0.2, -0.15) is 0 Å². The summed E-state index contributed by atoms with van der Waals surface area (Å²) < 4.78 is 0. The van der Waals surface area contributed by atoms with Gasteiger partial charge in [-0.05, 0) is 18.1 Å². The van der Waals surface area contributed by atoms with E-state index >= 15 is 0 Å². The Bertz CT molecular complexity index is 230. The highest BCUT2D eigenvalue weighted by molar-refractivity contribution is 5.28. The Morgan fingerprint density at radius 2 is 2.00 bits per heavy atom. The van der Waals surface area contributed by atoms with Gasteiger partial charge in [-0.3, -0.25) is 0 Å². The van der Waals surface area contributed by atoms with E-state index in [0.717, 1.165) is 0 Å². The first kappa shape index (κ1) is 8.28. The molecular weight excluding hydrogens is 136 g/mol. The fourth-order valence-corrected chi connectivity index (χ4v) is 1.24. The molecule has 0 aliphatic heterocycles. The Morgan fingerprint density at radius 3 is 2.55 bits per heavy atom. The molecule has 0 amide bonds. The molecule has 0 saturated heterocycles. The lowest BCUT2D eigenvalue weighted by Gasteiger charge is -2.10. The van der Waals surface area contributed by atoms with Crippen molar-refractivity contribution in [3.63, 3.8) is 0 Å². The van der Waals surface area contributed by atoms with Gasteiger partial charge in [0.15, 0.2) is 0 Å². The first-order valence-electron chi connectivity index (χ1n) is 3.92. The van der Waals surface area contributed by atoms with Crippen LogP contribution in [0.2, 0.25) is 0 Å². The molecule has 0 aliphatic rings. The third-order valence-corrected chi connectivity index (χ3v) is 1.99. The van der Waals surface area contributed by atoms with Crippen LogP contribution in [0.25, 0.3) is 0 Å². The second-order valence-electron chi connectivity index (χ2n) is 2.94. The summed E-state index contributed by atoms with van der Waals surface area (Å²) in [4.78, 5) is 0. The summed E-state index contributed by atoms with van der Waals surface area (Å²) in [7, 11) is 0. The van der Waals surface area contributed by atoms with E-state index in [4.69, 9.17) is 5.11 Å². The summed E-state index contributed by atoms with van der Waals surface area (Å²) in [5, 5.41) is 8.91. The number of aliphatic hydroxyl groups excluding tert-OH is 1. The zero-order valence-corrected chi connectivity index (χ0v) is 7.04. The Hall–Kier alpha value is -0.820. The van der Waals surface area contributed by atoms with Crippen molar-refractivity contribution < 1.29 is 5.11 Å². The fourth-order valence-electron chi connectivity index (χ4n) is 1.24. The number of rotatable bonds is 2. The van der Waals surface area contributed by atoms with Gasteiger partial charge in [0, 0.05) is 12.5 Å². The molecule has 1 aromatic rings. The first-order valence-corrected chi connectivity index (χ1v) is 3.92. The maximum absolute atomic E-state index is 8.91. The van der Waals surface area contributed by atoms with Crippen LogP contribution in [0, 0.1) is 6.92 Å². The lowest BCUT2D eigenvalue weighted by Crippen LogP contribution is -2.00. The van der Waals surface area contributed by atoms with E-state index in [0.29, 0.717) is 0 Å². The summed E-state index contributed by atoms with van der Waals surface area (Å²) in [6.07, 6.45) is 0. The quantitative estimate of drug-likeness (QED) is 0.684. The van der Waals surface area contributed by atoms with E-state index in [9.17, 15) is 0 Å². The molecule has 60 valence electrons. The fraction of sp³-hybridized carbons (Fsp3) is 0.400. The SMILES string of the molecule is Cc1ccccc1[C@H](C)CO. The van der Waals surface area contributed by atoms with Gasteiger partial charge in [-0.25, -0.2) is 0 Å². The van der Waals surface area contributed by atoms with Crippen molar-refractivity contribution in [3.8, 4) is 0 Å². The van der Waals surface area contributed by atoms with Crippen LogP contribution in [-0.4, -0.2) is 11.7 Å². The van der Waals surface area contributed by atoms with Crippen molar-refractivity contribution in [2.45, 2.75) is 19.8 Å². The molecule has 11 heavy (non-hydrogen) atoms. The molecule has 1 rings (SSSR count). The normalized spacial score (nSPS) is 13.0. The molecule has 1 atom stereocenters. The summed E-state index contributed by atoms with van der Waals surface area (Å²) in [5.41, 5.74) is 2.50. The summed E-state index contributed by atoms with van der Waals surface area (Å²) in [5.74, 6) is 0.260. The number of hydrogen-bond donors (Lipinski definition) is 1. The Labute approximate surface area is 67.7 Å². The van der Waals surface area contributed by atoms with Crippen LogP contribution in [-0.2, 0) is 0 Å². The Morgan fingerprint density at radius 1 is 1.36 bits per heavy atom. The number of aryl methyl sites for hydroxylation is 1. The monoisotopic (exact) mass is 150 g/mol. The van der Waals surface area contributed by atoms with Crippen LogP contribution in [0.5, 0.6) is 0 Å². The van der Waals surface area contributed by atoms with Gasteiger partial charge < -0.3 is 5.11 Å². The molecule has 0 spiro atoms. The number of benzene rings is 1. The van der Waals surface area contributed by atoms with Gasteiger partial charge in [0.05, 0.1) is 0 Å². The lowest BCUT2D eigenvalue weighted by atomic mass is 9.97. The topological polar surface area (TPSA) is 20.2 Å². The van der Waals surface area contributed by atoms with Crippen molar-refractivity contribution in [1.29, 1.82) is 0 Å². The maximum Gasteiger partial charge on any atom is 0.0497 e. The molecule has 1 nitrogen and oxygen atoms in total. The van der Waals surface area contributed by atoms with Gasteiger partial charge in [0.2, 0.25) is 0 Å². The summed E-state index contributed by atoms with van der Waals surface area (Å²) in [6.45, 7) is 4.33. The largest absolute Gasteiger partial charge is 0.396 e. The minimum absolute atomic E-state index is 0.227. The van der Waals surface area contributed by atoms with E-state index in [-0.39, 0.29) is 12.5 Å². The van der Waals surface area contributed by atoms with Crippen molar-refractivity contribution in [1.82, 2.24) is 0 Å². The minimum Gasteiger partial charge on any atom is -0.396 e. The summed E-state index contributed by atoms with van der Waals surface area (Å²) >= 11 is 0. The Kier molecular flexibility index (Phi) is 2.66. The van der Waals surface area contributed by atoms with Crippen molar-refractivity contribution in [2.24, 2.45) is 0 Å². The number of aliphatic hydroxyl groups is 1. The molecule has 1 heteroatoms. The smallest absolute Gasteiger partial charge is 0.0497 e. The second kappa shape index (κ2) is 3.54. The van der Waals surface area contributed by atoms with Crippen LogP contribution in [0.3, 0.4) is 0 Å². The predicted molar refractivity (Wildman–Crippen MR) is 46.7 cm³/mol. The average Bonchev–Trinajstić information content (AvgIpc) is 2.04. The van der Waals surface area contributed by atoms with E-state index in [1.54, 1.807) is 0 Å². The zero-order chi connectivity index (χ0) is 8.27. The van der Waals surface area contributed by atoms with Gasteiger partial charge in [-0.15, -0.1) is 0 Å². The molecule has 0 aliphatic carbocycles. The molecule has 1 aromatic carbocycles. The first-order chi connectivity index (χ1) is 5.25. The second-order valence-corrected chi connectivity index (χ2v) is 2.94. The van der Waals surface area contributed by atoms with Gasteiger partial charge in [0.1, 0.15) is 0 Å². The highest BCUT2D eigenvalue weighted by Gasteiger charge is 2.04. The van der Waals surface area contributed by atoms with Crippen LogP contribution >= 0.6 is 0 Å². The zero-order valence-electron chi connectivity index (χ0n) is 7.04. The molecular formula is C10H14O. The van der Waals surface area contributed by atoms with Crippen LogP contribution in [0.4, 0.5) is 0 Å². The standard InChI is InChI=1S/C10H14O/c1-8-5-3-4-6-10(8)9(2)7-11/h3-6,9,11H,7H2,1-2H3/t9-/m1/s1. The van der Waals surface area contributed by atoms with E-state index in [2.05, 4.69) is 19.1 Å². The van der Waals surface area contributed by atoms with Crippen LogP contribution in [0.15, 0.2) is 24.3 Å². The van der Waals surface area contributed by atoms with E-state index in [1.807, 2.05) is 19.1 Å².